The van der Waals surface area contributed by atoms with E-state index in [9.17, 15) is 40.3 Å². The Kier molecular flexibility index (Phi) is 8.69. The molecule has 0 saturated carbocycles. The maximum Gasteiger partial charge on any atom is 0.513 e. The zero-order chi connectivity index (χ0) is 27.7. The van der Waals surface area contributed by atoms with E-state index >= 15 is 0 Å². The summed E-state index contributed by atoms with van der Waals surface area (Å²) in [6, 6.07) is 5.64. The van der Waals surface area contributed by atoms with Crippen LogP contribution >= 0.6 is 34.8 Å². The third kappa shape index (κ3) is 6.86. The predicted octanol–water partition coefficient (Wildman–Crippen LogP) is 7.73. The summed E-state index contributed by atoms with van der Waals surface area (Å²) in [6.07, 6.45) is -13.8. The quantitative estimate of drug-likeness (QED) is 0.169. The van der Waals surface area contributed by atoms with Crippen molar-refractivity contribution in [1.29, 1.82) is 0 Å². The summed E-state index contributed by atoms with van der Waals surface area (Å²) < 4.78 is 100. The molecule has 0 fully saturated rings. The molecule has 0 aliphatic rings. The molecule has 2 aromatic carbocycles. The number of anilines is 1. The fraction of sp³-hybridized carbons (Fsp3) is 0.333. The van der Waals surface area contributed by atoms with Crippen LogP contribution in [-0.2, 0) is 10.4 Å². The number of hydrogen-bond donors (Lipinski definition) is 1. The Morgan fingerprint density at radius 3 is 1.89 bits per heavy atom. The standard InChI is InChI=1S/C21H15Cl3F7NO4/c1-10-6-13(19(25,20(26,27)28)21(29,30)31)7-11(2)15(10)32-16(33)12-4-3-5-14(8-12)36-17(34)35-9-18(22,23)24/h3-8H,9H2,1-2H3,(H,32,33). The van der Waals surface area contributed by atoms with Crippen molar-refractivity contribution in [3.63, 3.8) is 0 Å². The highest BCUT2D eigenvalue weighted by Gasteiger charge is 2.73. The number of benzene rings is 2. The van der Waals surface area contributed by atoms with Crippen molar-refractivity contribution in [2.75, 3.05) is 11.9 Å². The molecule has 36 heavy (non-hydrogen) atoms. The monoisotopic (exact) mass is 583 g/mol. The number of halogens is 10. The molecule has 0 unspecified atom stereocenters. The third-order valence-electron chi connectivity index (χ3n) is 4.60. The topological polar surface area (TPSA) is 64.6 Å². The van der Waals surface area contributed by atoms with E-state index in [1.54, 1.807) is 0 Å². The summed E-state index contributed by atoms with van der Waals surface area (Å²) in [7, 11) is 0. The van der Waals surface area contributed by atoms with Crippen molar-refractivity contribution in [2.24, 2.45) is 0 Å². The second-order valence-electron chi connectivity index (χ2n) is 7.38. The number of hydrogen-bond acceptors (Lipinski definition) is 4. The minimum atomic E-state index is -6.28. The molecule has 0 aliphatic carbocycles. The van der Waals surface area contributed by atoms with Crippen molar-refractivity contribution >= 4 is 52.6 Å². The van der Waals surface area contributed by atoms with Gasteiger partial charge in [-0.15, -0.1) is 0 Å². The highest BCUT2D eigenvalue weighted by molar-refractivity contribution is 6.67. The molecular weight excluding hydrogens is 570 g/mol. The lowest BCUT2D eigenvalue weighted by Gasteiger charge is -2.31. The lowest BCUT2D eigenvalue weighted by molar-refractivity contribution is -0.348. The molecule has 1 N–H and O–H groups in total. The number of ether oxygens (including phenoxy) is 2. The number of rotatable bonds is 5. The van der Waals surface area contributed by atoms with Crippen molar-refractivity contribution in [3.8, 4) is 5.75 Å². The molecule has 2 aromatic rings. The molecule has 0 heterocycles. The van der Waals surface area contributed by atoms with Crippen LogP contribution < -0.4 is 10.1 Å². The smallest absolute Gasteiger partial charge is 0.429 e. The predicted molar refractivity (Wildman–Crippen MR) is 117 cm³/mol. The van der Waals surface area contributed by atoms with Crippen molar-refractivity contribution in [2.45, 2.75) is 35.7 Å². The highest BCUT2D eigenvalue weighted by atomic mass is 35.6. The number of alkyl halides is 10. The molecule has 5 nitrogen and oxygen atoms in total. The van der Waals surface area contributed by atoms with Gasteiger partial charge < -0.3 is 14.8 Å². The summed E-state index contributed by atoms with van der Waals surface area (Å²) >= 11 is 16.3. The van der Waals surface area contributed by atoms with Gasteiger partial charge in [0.15, 0.2) is 0 Å². The van der Waals surface area contributed by atoms with Gasteiger partial charge in [0, 0.05) is 16.8 Å². The van der Waals surface area contributed by atoms with Gasteiger partial charge in [0.1, 0.15) is 12.4 Å². The normalized spacial score (nSPS) is 12.8. The molecule has 15 heteroatoms. The van der Waals surface area contributed by atoms with Gasteiger partial charge in [-0.05, 0) is 43.2 Å². The van der Waals surface area contributed by atoms with E-state index in [4.69, 9.17) is 39.5 Å². The molecular formula is C21H15Cl3F7NO4. The molecule has 0 radical (unpaired) electrons. The van der Waals surface area contributed by atoms with Crippen molar-refractivity contribution < 1.29 is 49.8 Å². The Bertz CT molecular complexity index is 1110. The van der Waals surface area contributed by atoms with Crippen LogP contribution in [0.1, 0.15) is 27.0 Å². The molecule has 0 atom stereocenters. The maximum atomic E-state index is 14.4. The summed E-state index contributed by atoms with van der Waals surface area (Å²) in [5, 5.41) is 2.33. The van der Waals surface area contributed by atoms with Crippen LogP contribution in [0.25, 0.3) is 0 Å². The first kappa shape index (κ1) is 29.8. The molecule has 0 saturated heterocycles. The van der Waals surface area contributed by atoms with Gasteiger partial charge in [-0.3, -0.25) is 4.79 Å². The number of carbonyl (C=O) groups excluding carboxylic acids is 2. The molecule has 1 amide bonds. The molecule has 0 aromatic heterocycles. The first-order valence-electron chi connectivity index (χ1n) is 9.53. The minimum absolute atomic E-state index is 0.116. The van der Waals surface area contributed by atoms with Crippen molar-refractivity contribution in [3.05, 3.63) is 58.7 Å². The van der Waals surface area contributed by atoms with Crippen LogP contribution in [0.4, 0.5) is 41.2 Å². The number of carbonyl (C=O) groups is 2. The van der Waals surface area contributed by atoms with E-state index in [-0.39, 0.29) is 28.1 Å². The summed E-state index contributed by atoms with van der Waals surface area (Å²) in [5.41, 5.74) is -8.10. The van der Waals surface area contributed by atoms with Gasteiger partial charge >= 0.3 is 24.2 Å². The van der Waals surface area contributed by atoms with E-state index in [2.05, 4.69) is 10.1 Å². The molecule has 2 rings (SSSR count). The number of nitrogens with one attached hydrogen (secondary N) is 1. The van der Waals surface area contributed by atoms with Crippen LogP contribution in [0.15, 0.2) is 36.4 Å². The zero-order valence-electron chi connectivity index (χ0n) is 18.1. The minimum Gasteiger partial charge on any atom is -0.429 e. The number of aryl methyl sites for hydroxylation is 2. The largest absolute Gasteiger partial charge is 0.513 e. The fourth-order valence-electron chi connectivity index (χ4n) is 3.00. The molecule has 198 valence electrons. The van der Waals surface area contributed by atoms with Gasteiger partial charge in [-0.25, -0.2) is 9.18 Å². The summed E-state index contributed by atoms with van der Waals surface area (Å²) in [6.45, 7) is 1.56. The van der Waals surface area contributed by atoms with Crippen LogP contribution in [0.2, 0.25) is 0 Å². The van der Waals surface area contributed by atoms with E-state index in [0.29, 0.717) is 12.1 Å². The third-order valence-corrected chi connectivity index (χ3v) is 4.93. The Balaban J connectivity index is 2.29. The Morgan fingerprint density at radius 1 is 0.889 bits per heavy atom. The Labute approximate surface area is 214 Å². The molecule has 0 spiro atoms. The Hall–Kier alpha value is -2.44. The average Bonchev–Trinajstić information content (AvgIpc) is 2.72. The van der Waals surface area contributed by atoms with Crippen molar-refractivity contribution in [1.82, 2.24) is 0 Å². The van der Waals surface area contributed by atoms with Crippen LogP contribution in [0.5, 0.6) is 5.75 Å². The van der Waals surface area contributed by atoms with Gasteiger partial charge in [-0.1, -0.05) is 53.0 Å². The average molecular weight is 585 g/mol. The van der Waals surface area contributed by atoms with E-state index < -0.39 is 46.0 Å². The molecule has 0 aliphatic heterocycles. The lowest BCUT2D eigenvalue weighted by Crippen LogP contribution is -2.50. The summed E-state index contributed by atoms with van der Waals surface area (Å²) in [5.74, 6) is -1.04. The first-order valence-corrected chi connectivity index (χ1v) is 10.7. The second kappa shape index (κ2) is 10.5. The number of amides is 1. The fourth-order valence-corrected chi connectivity index (χ4v) is 3.16. The van der Waals surface area contributed by atoms with Gasteiger partial charge in [0.2, 0.25) is 3.79 Å². The second-order valence-corrected chi connectivity index (χ2v) is 9.89. The lowest BCUT2D eigenvalue weighted by atomic mass is 9.90. The van der Waals surface area contributed by atoms with Crippen LogP contribution in [-0.4, -0.2) is 34.8 Å². The van der Waals surface area contributed by atoms with Gasteiger partial charge in [0.05, 0.1) is 0 Å². The first-order chi connectivity index (χ1) is 16.3. The van der Waals surface area contributed by atoms with E-state index in [0.717, 1.165) is 19.9 Å². The van der Waals surface area contributed by atoms with Crippen LogP contribution in [0, 0.1) is 13.8 Å². The SMILES string of the molecule is Cc1cc(C(F)(C(F)(F)F)C(F)(F)F)cc(C)c1NC(=O)c1cccc(OC(=O)OCC(Cl)(Cl)Cl)c1. The maximum absolute atomic E-state index is 14.4. The summed E-state index contributed by atoms with van der Waals surface area (Å²) in [4.78, 5) is 24.3. The highest BCUT2D eigenvalue weighted by Crippen LogP contribution is 2.53. The van der Waals surface area contributed by atoms with E-state index in [1.807, 2.05) is 0 Å². The van der Waals surface area contributed by atoms with Gasteiger partial charge in [-0.2, -0.15) is 26.3 Å². The zero-order valence-corrected chi connectivity index (χ0v) is 20.4. The Morgan fingerprint density at radius 2 is 1.42 bits per heavy atom. The van der Waals surface area contributed by atoms with E-state index in [1.165, 1.54) is 18.2 Å². The molecule has 0 bridgehead atoms. The van der Waals surface area contributed by atoms with Crippen LogP contribution in [0.3, 0.4) is 0 Å². The van der Waals surface area contributed by atoms with Gasteiger partial charge in [0.25, 0.3) is 5.91 Å².